The Morgan fingerprint density at radius 3 is 2.89 bits per heavy atom. The Morgan fingerprint density at radius 1 is 1.22 bits per heavy atom. The molecule has 0 aliphatic rings. The number of hydrogen-bond donors (Lipinski definition) is 1. The molecule has 18 heavy (non-hydrogen) atoms. The molecule has 6 heteroatoms. The molecular weight excluding hydrogens is 246 g/mol. The fourth-order valence-electron chi connectivity index (χ4n) is 1.68. The summed E-state index contributed by atoms with van der Waals surface area (Å²) in [7, 11) is 0. The summed E-state index contributed by atoms with van der Waals surface area (Å²) < 4.78 is 0. The number of nitrogens with one attached hydrogen (secondary N) is 1. The van der Waals surface area contributed by atoms with Crippen LogP contribution in [0, 0.1) is 13.8 Å². The van der Waals surface area contributed by atoms with E-state index >= 15 is 0 Å². The number of aromatic nitrogens is 5. The highest BCUT2D eigenvalue weighted by Crippen LogP contribution is 2.24. The maximum atomic E-state index is 4.50. The fourth-order valence-corrected chi connectivity index (χ4v) is 2.35. The van der Waals surface area contributed by atoms with Crippen LogP contribution in [0.4, 0.5) is 0 Å². The molecule has 0 unspecified atom stereocenters. The number of H-pyrrole nitrogens is 1. The Hall–Kier alpha value is -2.08. The Labute approximate surface area is 108 Å². The monoisotopic (exact) mass is 257 g/mol. The molecular formula is C12H11N5S. The minimum atomic E-state index is 0.661. The molecule has 3 heterocycles. The van der Waals surface area contributed by atoms with Crippen LogP contribution in [0.1, 0.15) is 11.4 Å². The summed E-state index contributed by atoms with van der Waals surface area (Å²) in [4.78, 5) is 5.58. The third-order valence-electron chi connectivity index (χ3n) is 2.58. The van der Waals surface area contributed by atoms with E-state index in [9.17, 15) is 0 Å². The van der Waals surface area contributed by atoms with Gasteiger partial charge >= 0.3 is 0 Å². The summed E-state index contributed by atoms with van der Waals surface area (Å²) in [5.74, 6) is 1.45. The summed E-state index contributed by atoms with van der Waals surface area (Å²) in [5, 5.41) is 17.3. The number of nitrogens with zero attached hydrogens (tertiary/aromatic N) is 4. The minimum Gasteiger partial charge on any atom is -0.258 e. The van der Waals surface area contributed by atoms with Gasteiger partial charge in [-0.3, -0.25) is 5.10 Å². The molecule has 0 saturated carbocycles. The predicted molar refractivity (Wildman–Crippen MR) is 70.2 cm³/mol. The zero-order valence-electron chi connectivity index (χ0n) is 10.0. The van der Waals surface area contributed by atoms with E-state index in [1.54, 1.807) is 11.3 Å². The number of aromatic amines is 1. The number of aryl methyl sites for hydroxylation is 2. The lowest BCUT2D eigenvalue weighted by atomic mass is 10.2. The first-order valence-electron chi connectivity index (χ1n) is 5.51. The van der Waals surface area contributed by atoms with E-state index in [1.807, 2.05) is 37.4 Å². The van der Waals surface area contributed by atoms with Gasteiger partial charge in [0, 0.05) is 5.56 Å². The van der Waals surface area contributed by atoms with Crippen molar-refractivity contribution in [2.45, 2.75) is 13.8 Å². The molecule has 90 valence electrons. The first-order valence-corrected chi connectivity index (χ1v) is 6.39. The zero-order chi connectivity index (χ0) is 12.5. The standard InChI is InChI=1S/C12H11N5S/c1-7-6-9(8(2)15-14-7)11-13-12(17-16-11)10-4-3-5-18-10/h3-6H,1-2H3,(H,13,16,17). The molecule has 0 atom stereocenters. The summed E-state index contributed by atoms with van der Waals surface area (Å²) in [6, 6.07) is 5.95. The summed E-state index contributed by atoms with van der Waals surface area (Å²) in [5.41, 5.74) is 2.61. The molecule has 3 rings (SSSR count). The average molecular weight is 257 g/mol. The lowest BCUT2D eigenvalue weighted by Gasteiger charge is -1.99. The van der Waals surface area contributed by atoms with Crippen LogP contribution in [-0.4, -0.2) is 25.4 Å². The van der Waals surface area contributed by atoms with Crippen LogP contribution >= 0.6 is 11.3 Å². The Bertz CT molecular complexity index is 672. The SMILES string of the molecule is Cc1cc(-c2n[nH]c(-c3cccs3)n2)c(C)nn1. The third kappa shape index (κ3) is 1.91. The van der Waals surface area contributed by atoms with Gasteiger partial charge in [-0.25, -0.2) is 4.98 Å². The highest BCUT2D eigenvalue weighted by Gasteiger charge is 2.11. The van der Waals surface area contributed by atoms with E-state index in [1.165, 1.54) is 0 Å². The van der Waals surface area contributed by atoms with Crippen LogP contribution in [-0.2, 0) is 0 Å². The molecule has 3 aromatic rings. The van der Waals surface area contributed by atoms with Gasteiger partial charge in [-0.1, -0.05) is 6.07 Å². The summed E-state index contributed by atoms with van der Waals surface area (Å²) >= 11 is 1.63. The molecule has 0 aliphatic heterocycles. The van der Waals surface area contributed by atoms with Crippen LogP contribution in [0.15, 0.2) is 23.6 Å². The van der Waals surface area contributed by atoms with Crippen LogP contribution in [0.3, 0.4) is 0 Å². The van der Waals surface area contributed by atoms with Crippen molar-refractivity contribution in [2.75, 3.05) is 0 Å². The van der Waals surface area contributed by atoms with Crippen molar-refractivity contribution in [2.24, 2.45) is 0 Å². The first-order chi connectivity index (χ1) is 8.74. The van der Waals surface area contributed by atoms with Crippen molar-refractivity contribution in [3.63, 3.8) is 0 Å². The van der Waals surface area contributed by atoms with Crippen molar-refractivity contribution in [3.8, 4) is 22.1 Å². The molecule has 0 amide bonds. The summed E-state index contributed by atoms with van der Waals surface area (Å²) in [6.07, 6.45) is 0. The first kappa shape index (κ1) is 11.0. The minimum absolute atomic E-state index is 0.661. The molecule has 0 aliphatic carbocycles. The van der Waals surface area contributed by atoms with Crippen LogP contribution in [0.5, 0.6) is 0 Å². The number of hydrogen-bond acceptors (Lipinski definition) is 5. The van der Waals surface area contributed by atoms with E-state index in [4.69, 9.17) is 0 Å². The van der Waals surface area contributed by atoms with E-state index in [0.29, 0.717) is 5.82 Å². The molecule has 0 spiro atoms. The van der Waals surface area contributed by atoms with Gasteiger partial charge in [0.05, 0.1) is 16.3 Å². The highest BCUT2D eigenvalue weighted by atomic mass is 32.1. The quantitative estimate of drug-likeness (QED) is 0.766. The number of rotatable bonds is 2. The third-order valence-corrected chi connectivity index (χ3v) is 3.46. The molecule has 0 saturated heterocycles. The van der Waals surface area contributed by atoms with E-state index < -0.39 is 0 Å². The van der Waals surface area contributed by atoms with Gasteiger partial charge < -0.3 is 0 Å². The molecule has 0 fully saturated rings. The predicted octanol–water partition coefficient (Wildman–Crippen LogP) is 2.61. The van der Waals surface area contributed by atoms with Gasteiger partial charge in [0.15, 0.2) is 11.6 Å². The van der Waals surface area contributed by atoms with Crippen molar-refractivity contribution in [1.82, 2.24) is 25.4 Å². The lowest BCUT2D eigenvalue weighted by Crippen LogP contribution is -1.94. The van der Waals surface area contributed by atoms with Crippen LogP contribution in [0.2, 0.25) is 0 Å². The van der Waals surface area contributed by atoms with Crippen molar-refractivity contribution < 1.29 is 0 Å². The molecule has 1 N–H and O–H groups in total. The van der Waals surface area contributed by atoms with Crippen LogP contribution < -0.4 is 0 Å². The van der Waals surface area contributed by atoms with Gasteiger partial charge in [-0.05, 0) is 31.4 Å². The van der Waals surface area contributed by atoms with Crippen molar-refractivity contribution in [3.05, 3.63) is 35.0 Å². The van der Waals surface area contributed by atoms with Gasteiger partial charge in [0.25, 0.3) is 0 Å². The normalized spacial score (nSPS) is 10.8. The van der Waals surface area contributed by atoms with Crippen molar-refractivity contribution in [1.29, 1.82) is 0 Å². The Balaban J connectivity index is 2.05. The van der Waals surface area contributed by atoms with Gasteiger partial charge in [0.2, 0.25) is 0 Å². The Kier molecular flexibility index (Phi) is 2.64. The second-order valence-corrected chi connectivity index (χ2v) is 4.92. The second kappa shape index (κ2) is 4.30. The molecule has 0 radical (unpaired) electrons. The van der Waals surface area contributed by atoms with Gasteiger partial charge in [-0.2, -0.15) is 15.3 Å². The van der Waals surface area contributed by atoms with E-state index in [-0.39, 0.29) is 0 Å². The van der Waals surface area contributed by atoms with Crippen LogP contribution in [0.25, 0.3) is 22.1 Å². The molecule has 0 bridgehead atoms. The van der Waals surface area contributed by atoms with E-state index in [2.05, 4.69) is 25.4 Å². The summed E-state index contributed by atoms with van der Waals surface area (Å²) in [6.45, 7) is 3.81. The molecule has 3 aromatic heterocycles. The maximum Gasteiger partial charge on any atom is 0.183 e. The fraction of sp³-hybridized carbons (Fsp3) is 0.167. The van der Waals surface area contributed by atoms with Crippen molar-refractivity contribution >= 4 is 11.3 Å². The molecule has 0 aromatic carbocycles. The maximum absolute atomic E-state index is 4.50. The second-order valence-electron chi connectivity index (χ2n) is 3.97. The topological polar surface area (TPSA) is 67.3 Å². The highest BCUT2D eigenvalue weighted by molar-refractivity contribution is 7.13. The van der Waals surface area contributed by atoms with E-state index in [0.717, 1.165) is 27.7 Å². The lowest BCUT2D eigenvalue weighted by molar-refractivity contribution is 0.938. The smallest absolute Gasteiger partial charge is 0.183 e. The zero-order valence-corrected chi connectivity index (χ0v) is 10.8. The number of thiophene rings is 1. The van der Waals surface area contributed by atoms with Gasteiger partial charge in [0.1, 0.15) is 0 Å². The van der Waals surface area contributed by atoms with Gasteiger partial charge in [-0.15, -0.1) is 11.3 Å². The molecule has 5 nitrogen and oxygen atoms in total. The average Bonchev–Trinajstić information content (AvgIpc) is 3.00. The largest absolute Gasteiger partial charge is 0.258 e. The Morgan fingerprint density at radius 2 is 2.11 bits per heavy atom.